The van der Waals surface area contributed by atoms with E-state index in [9.17, 15) is 5.11 Å². The summed E-state index contributed by atoms with van der Waals surface area (Å²) < 4.78 is 1.70. The van der Waals surface area contributed by atoms with Gasteiger partial charge in [0.15, 0.2) is 0 Å². The predicted molar refractivity (Wildman–Crippen MR) is 51.0 cm³/mol. The molecule has 1 N–H and O–H groups in total. The zero-order valence-corrected chi connectivity index (χ0v) is 7.99. The molecule has 1 atom stereocenters. The molecule has 0 saturated heterocycles. The van der Waals surface area contributed by atoms with Gasteiger partial charge in [-0.1, -0.05) is 0 Å². The molecule has 70 valence electrons. The molecular formula is C10H14N2O. The lowest BCUT2D eigenvalue weighted by atomic mass is 10.1. The van der Waals surface area contributed by atoms with Gasteiger partial charge < -0.3 is 5.11 Å². The van der Waals surface area contributed by atoms with Crippen molar-refractivity contribution in [2.24, 2.45) is 7.05 Å². The highest BCUT2D eigenvalue weighted by molar-refractivity contribution is 5.18. The Morgan fingerprint density at radius 3 is 2.92 bits per heavy atom. The van der Waals surface area contributed by atoms with Gasteiger partial charge in [0, 0.05) is 25.2 Å². The molecule has 0 aliphatic rings. The molecule has 0 saturated carbocycles. The number of nitrogens with zero attached hydrogens (tertiary/aromatic N) is 2. The summed E-state index contributed by atoms with van der Waals surface area (Å²) in [7, 11) is 1.84. The van der Waals surface area contributed by atoms with Crippen molar-refractivity contribution in [2.75, 3.05) is 0 Å². The zero-order chi connectivity index (χ0) is 9.84. The summed E-state index contributed by atoms with van der Waals surface area (Å²) in [6.07, 6.45) is 7.66. The summed E-state index contributed by atoms with van der Waals surface area (Å²) in [6.45, 7) is 1.88. The first kappa shape index (κ1) is 9.82. The second-order valence-electron chi connectivity index (χ2n) is 3.10. The number of rotatable bonds is 3. The summed E-state index contributed by atoms with van der Waals surface area (Å²) in [6, 6.07) is 0. The van der Waals surface area contributed by atoms with Crippen molar-refractivity contribution in [3.63, 3.8) is 0 Å². The fraction of sp³-hybridized carbons (Fsp3) is 0.500. The molecule has 0 radical (unpaired) electrons. The standard InChI is InChI=1S/C10H14N2O/c1-4-5-6-10(13)9-7-12(3)11-8(9)2/h1,7,10,13H,5-6H2,2-3H3. The van der Waals surface area contributed by atoms with E-state index in [0.29, 0.717) is 12.8 Å². The van der Waals surface area contributed by atoms with E-state index in [1.807, 2.05) is 20.2 Å². The van der Waals surface area contributed by atoms with Crippen LogP contribution in [0.25, 0.3) is 0 Å². The second kappa shape index (κ2) is 4.11. The highest BCUT2D eigenvalue weighted by atomic mass is 16.3. The zero-order valence-electron chi connectivity index (χ0n) is 7.99. The Morgan fingerprint density at radius 1 is 1.77 bits per heavy atom. The third kappa shape index (κ3) is 2.33. The molecule has 1 unspecified atom stereocenters. The van der Waals surface area contributed by atoms with Crippen LogP contribution in [0.15, 0.2) is 6.20 Å². The van der Waals surface area contributed by atoms with Crippen molar-refractivity contribution in [2.45, 2.75) is 25.9 Å². The Kier molecular flexibility index (Phi) is 3.10. The number of hydrogen-bond donors (Lipinski definition) is 1. The SMILES string of the molecule is C#CCCC(O)c1cn(C)nc1C. The molecule has 1 heterocycles. The number of aliphatic hydroxyl groups is 1. The van der Waals surface area contributed by atoms with Crippen LogP contribution in [0.1, 0.15) is 30.2 Å². The van der Waals surface area contributed by atoms with Crippen LogP contribution in [-0.2, 0) is 7.05 Å². The van der Waals surface area contributed by atoms with Gasteiger partial charge in [-0.2, -0.15) is 5.10 Å². The minimum Gasteiger partial charge on any atom is -0.388 e. The van der Waals surface area contributed by atoms with Gasteiger partial charge in [-0.05, 0) is 13.3 Å². The minimum absolute atomic E-state index is 0.482. The maximum absolute atomic E-state index is 9.70. The van der Waals surface area contributed by atoms with Crippen LogP contribution >= 0.6 is 0 Å². The summed E-state index contributed by atoms with van der Waals surface area (Å²) in [5, 5.41) is 13.8. The molecule has 1 aromatic heterocycles. The van der Waals surface area contributed by atoms with Gasteiger partial charge in [-0.15, -0.1) is 12.3 Å². The van der Waals surface area contributed by atoms with Gasteiger partial charge >= 0.3 is 0 Å². The van der Waals surface area contributed by atoms with Gasteiger partial charge in [0.1, 0.15) is 0 Å². The molecule has 0 fully saturated rings. The van der Waals surface area contributed by atoms with E-state index >= 15 is 0 Å². The average Bonchev–Trinajstić information content (AvgIpc) is 2.41. The van der Waals surface area contributed by atoms with E-state index in [1.165, 1.54) is 0 Å². The average molecular weight is 178 g/mol. The summed E-state index contributed by atoms with van der Waals surface area (Å²) in [5.41, 5.74) is 1.74. The number of hydrogen-bond acceptors (Lipinski definition) is 2. The molecule has 1 rings (SSSR count). The largest absolute Gasteiger partial charge is 0.388 e. The van der Waals surface area contributed by atoms with Gasteiger partial charge in [-0.3, -0.25) is 4.68 Å². The molecule has 0 amide bonds. The highest BCUT2D eigenvalue weighted by Crippen LogP contribution is 2.20. The molecule has 1 aromatic rings. The van der Waals surface area contributed by atoms with Crippen LogP contribution in [-0.4, -0.2) is 14.9 Å². The van der Waals surface area contributed by atoms with Gasteiger partial charge in [0.25, 0.3) is 0 Å². The summed E-state index contributed by atoms with van der Waals surface area (Å²) in [4.78, 5) is 0. The molecule has 3 nitrogen and oxygen atoms in total. The van der Waals surface area contributed by atoms with E-state index in [0.717, 1.165) is 11.3 Å². The third-order valence-corrected chi connectivity index (χ3v) is 1.97. The first-order chi connectivity index (χ1) is 6.15. The Bertz CT molecular complexity index is 322. The quantitative estimate of drug-likeness (QED) is 0.706. The van der Waals surface area contributed by atoms with Crippen LogP contribution in [0.2, 0.25) is 0 Å². The second-order valence-corrected chi connectivity index (χ2v) is 3.10. The first-order valence-electron chi connectivity index (χ1n) is 4.27. The van der Waals surface area contributed by atoms with Crippen LogP contribution in [0.4, 0.5) is 0 Å². The van der Waals surface area contributed by atoms with Crippen LogP contribution in [0.5, 0.6) is 0 Å². The third-order valence-electron chi connectivity index (χ3n) is 1.97. The van der Waals surface area contributed by atoms with Crippen LogP contribution in [0.3, 0.4) is 0 Å². The first-order valence-corrected chi connectivity index (χ1v) is 4.27. The Hall–Kier alpha value is -1.27. The topological polar surface area (TPSA) is 38.0 Å². The van der Waals surface area contributed by atoms with E-state index in [-0.39, 0.29) is 0 Å². The van der Waals surface area contributed by atoms with E-state index in [1.54, 1.807) is 4.68 Å². The van der Waals surface area contributed by atoms with E-state index < -0.39 is 6.10 Å². The Morgan fingerprint density at radius 2 is 2.46 bits per heavy atom. The highest BCUT2D eigenvalue weighted by Gasteiger charge is 2.12. The molecule has 0 bridgehead atoms. The molecule has 3 heteroatoms. The molecule has 13 heavy (non-hydrogen) atoms. The fourth-order valence-corrected chi connectivity index (χ4v) is 1.32. The van der Waals surface area contributed by atoms with Crippen molar-refractivity contribution in [1.29, 1.82) is 0 Å². The maximum atomic E-state index is 9.70. The smallest absolute Gasteiger partial charge is 0.0832 e. The number of aliphatic hydroxyl groups excluding tert-OH is 1. The normalized spacial score (nSPS) is 12.5. The van der Waals surface area contributed by atoms with Gasteiger partial charge in [0.05, 0.1) is 11.8 Å². The molecule has 0 spiro atoms. The lowest BCUT2D eigenvalue weighted by molar-refractivity contribution is 0.168. The van der Waals surface area contributed by atoms with Crippen LogP contribution < -0.4 is 0 Å². The van der Waals surface area contributed by atoms with Crippen molar-refractivity contribution in [1.82, 2.24) is 9.78 Å². The number of aromatic nitrogens is 2. The van der Waals surface area contributed by atoms with Crippen molar-refractivity contribution in [3.05, 3.63) is 17.5 Å². The summed E-state index contributed by atoms with van der Waals surface area (Å²) in [5.74, 6) is 2.51. The fourth-order valence-electron chi connectivity index (χ4n) is 1.32. The molecule has 0 aliphatic carbocycles. The van der Waals surface area contributed by atoms with Crippen LogP contribution in [0, 0.1) is 19.3 Å². The lowest BCUT2D eigenvalue weighted by Crippen LogP contribution is -1.97. The molecule has 0 aliphatic heterocycles. The molecule has 0 aromatic carbocycles. The van der Waals surface area contributed by atoms with Crippen molar-refractivity contribution >= 4 is 0 Å². The Labute approximate surface area is 78.4 Å². The molecular weight excluding hydrogens is 164 g/mol. The number of aryl methyl sites for hydroxylation is 2. The maximum Gasteiger partial charge on any atom is 0.0832 e. The predicted octanol–water partition coefficient (Wildman–Crippen LogP) is 1.18. The van der Waals surface area contributed by atoms with Crippen molar-refractivity contribution in [3.8, 4) is 12.3 Å². The summed E-state index contributed by atoms with van der Waals surface area (Å²) >= 11 is 0. The minimum atomic E-state index is -0.482. The van der Waals surface area contributed by atoms with E-state index in [4.69, 9.17) is 6.42 Å². The lowest BCUT2D eigenvalue weighted by Gasteiger charge is -2.06. The van der Waals surface area contributed by atoms with E-state index in [2.05, 4.69) is 11.0 Å². The van der Waals surface area contributed by atoms with Crippen molar-refractivity contribution < 1.29 is 5.11 Å². The van der Waals surface area contributed by atoms with Gasteiger partial charge in [-0.25, -0.2) is 0 Å². The Balaban J connectivity index is 2.71. The number of terminal acetylenes is 1. The monoisotopic (exact) mass is 178 g/mol. The van der Waals surface area contributed by atoms with Gasteiger partial charge in [0.2, 0.25) is 0 Å².